The van der Waals surface area contributed by atoms with Crippen molar-refractivity contribution in [2.45, 2.75) is 57.0 Å². The Kier molecular flexibility index (Phi) is 2.69. The summed E-state index contributed by atoms with van der Waals surface area (Å²) in [6.45, 7) is 4.25. The fraction of sp³-hybridized carbons (Fsp3) is 1.00. The van der Waals surface area contributed by atoms with Crippen molar-refractivity contribution in [2.24, 2.45) is 17.8 Å². The molecule has 17 heavy (non-hydrogen) atoms. The van der Waals surface area contributed by atoms with Gasteiger partial charge < -0.3 is 10.2 Å². The molecule has 0 aromatic heterocycles. The van der Waals surface area contributed by atoms with Crippen LogP contribution in [0.2, 0.25) is 0 Å². The lowest BCUT2D eigenvalue weighted by molar-refractivity contribution is 0.0701. The molecule has 5 unspecified atom stereocenters. The number of rotatable bonds is 2. The molecule has 3 heterocycles. The first kappa shape index (κ1) is 10.8. The molecular weight excluding hydrogens is 208 g/mol. The molecule has 3 aliphatic heterocycles. The predicted octanol–water partition coefficient (Wildman–Crippen LogP) is 2.25. The second-order valence-electron chi connectivity index (χ2n) is 7.16. The van der Waals surface area contributed by atoms with Gasteiger partial charge in [0.05, 0.1) is 0 Å². The second kappa shape index (κ2) is 4.24. The molecule has 0 amide bonds. The van der Waals surface area contributed by atoms with Crippen LogP contribution in [0.5, 0.6) is 0 Å². The maximum atomic E-state index is 3.79. The molecule has 0 spiro atoms. The van der Waals surface area contributed by atoms with E-state index < -0.39 is 0 Å². The van der Waals surface area contributed by atoms with Crippen LogP contribution in [0.25, 0.3) is 0 Å². The van der Waals surface area contributed by atoms with E-state index in [1.54, 1.807) is 6.42 Å². The van der Waals surface area contributed by atoms with Crippen molar-refractivity contribution in [3.8, 4) is 0 Å². The SMILES string of the molecule is C1CC2CC(C1)CN(CC1CC3CCC1N3)C2. The fourth-order valence-corrected chi connectivity index (χ4v) is 5.16. The van der Waals surface area contributed by atoms with Crippen LogP contribution in [0.1, 0.15) is 44.9 Å². The number of hydrogen-bond acceptors (Lipinski definition) is 2. The van der Waals surface area contributed by atoms with Crippen molar-refractivity contribution in [1.82, 2.24) is 10.2 Å². The zero-order chi connectivity index (χ0) is 11.2. The summed E-state index contributed by atoms with van der Waals surface area (Å²) in [4.78, 5) is 2.82. The Morgan fingerprint density at radius 1 is 0.941 bits per heavy atom. The average molecular weight is 234 g/mol. The normalized spacial score (nSPS) is 49.8. The first-order chi connectivity index (χ1) is 8.37. The van der Waals surface area contributed by atoms with Gasteiger partial charge in [-0.15, -0.1) is 0 Å². The van der Waals surface area contributed by atoms with Crippen molar-refractivity contribution in [3.63, 3.8) is 0 Å². The summed E-state index contributed by atoms with van der Waals surface area (Å²) in [5, 5.41) is 3.79. The van der Waals surface area contributed by atoms with Gasteiger partial charge in [0.15, 0.2) is 0 Å². The van der Waals surface area contributed by atoms with Crippen molar-refractivity contribution in [2.75, 3.05) is 19.6 Å². The Labute approximate surface area is 105 Å². The molecule has 1 saturated carbocycles. The maximum Gasteiger partial charge on any atom is 0.0111 e. The van der Waals surface area contributed by atoms with Crippen LogP contribution < -0.4 is 5.32 Å². The highest BCUT2D eigenvalue weighted by molar-refractivity contribution is 4.99. The van der Waals surface area contributed by atoms with Gasteiger partial charge in [-0.2, -0.15) is 0 Å². The van der Waals surface area contributed by atoms with Crippen molar-refractivity contribution in [1.29, 1.82) is 0 Å². The average Bonchev–Trinajstić information content (AvgIpc) is 2.90. The lowest BCUT2D eigenvalue weighted by Crippen LogP contribution is -2.46. The van der Waals surface area contributed by atoms with Gasteiger partial charge in [0, 0.05) is 31.7 Å². The van der Waals surface area contributed by atoms with Gasteiger partial charge in [-0.25, -0.2) is 0 Å². The monoisotopic (exact) mass is 234 g/mol. The Morgan fingerprint density at radius 2 is 1.76 bits per heavy atom. The Morgan fingerprint density at radius 3 is 2.41 bits per heavy atom. The number of piperidine rings is 1. The van der Waals surface area contributed by atoms with Crippen molar-refractivity contribution >= 4 is 0 Å². The number of likely N-dealkylation sites (tertiary alicyclic amines) is 1. The van der Waals surface area contributed by atoms with E-state index in [1.807, 2.05) is 0 Å². The summed E-state index contributed by atoms with van der Waals surface area (Å²) < 4.78 is 0. The zero-order valence-electron chi connectivity index (χ0n) is 10.9. The topological polar surface area (TPSA) is 15.3 Å². The maximum absolute atomic E-state index is 3.79. The van der Waals surface area contributed by atoms with E-state index in [4.69, 9.17) is 0 Å². The number of hydrogen-bond donors (Lipinski definition) is 1. The minimum Gasteiger partial charge on any atom is -0.311 e. The van der Waals surface area contributed by atoms with Crippen LogP contribution in [-0.2, 0) is 0 Å². The van der Waals surface area contributed by atoms with Crippen molar-refractivity contribution in [3.05, 3.63) is 0 Å². The predicted molar refractivity (Wildman–Crippen MR) is 69.9 cm³/mol. The molecule has 4 aliphatic rings. The second-order valence-corrected chi connectivity index (χ2v) is 7.16. The minimum atomic E-state index is 0.877. The minimum absolute atomic E-state index is 0.877. The van der Waals surface area contributed by atoms with Crippen LogP contribution in [0.4, 0.5) is 0 Å². The summed E-state index contributed by atoms with van der Waals surface area (Å²) >= 11 is 0. The highest BCUT2D eigenvalue weighted by Crippen LogP contribution is 2.37. The summed E-state index contributed by atoms with van der Waals surface area (Å²) in [7, 11) is 0. The summed E-state index contributed by atoms with van der Waals surface area (Å²) in [6, 6.07) is 1.76. The number of fused-ring (bicyclic) bond motifs is 4. The molecule has 4 bridgehead atoms. The molecule has 3 saturated heterocycles. The molecule has 4 fully saturated rings. The number of nitrogens with zero attached hydrogens (tertiary/aromatic N) is 1. The Bertz CT molecular complexity index is 279. The summed E-state index contributed by atoms with van der Waals surface area (Å²) in [5.74, 6) is 3.08. The number of nitrogens with one attached hydrogen (secondary N) is 1. The fourth-order valence-electron chi connectivity index (χ4n) is 5.16. The molecule has 1 aliphatic carbocycles. The molecule has 1 N–H and O–H groups in total. The quantitative estimate of drug-likeness (QED) is 0.788. The van der Waals surface area contributed by atoms with Gasteiger partial charge in [0.25, 0.3) is 0 Å². The van der Waals surface area contributed by atoms with Gasteiger partial charge in [-0.3, -0.25) is 0 Å². The third-order valence-corrected chi connectivity index (χ3v) is 5.85. The molecule has 0 aromatic rings. The van der Waals surface area contributed by atoms with Crippen LogP contribution in [-0.4, -0.2) is 36.6 Å². The van der Waals surface area contributed by atoms with E-state index in [-0.39, 0.29) is 0 Å². The molecular formula is C15H26N2. The standard InChI is InChI=1S/C15H26N2/c1-2-11-6-12(3-1)9-17(8-11)10-13-7-14-4-5-15(13)16-14/h11-16H,1-10H2. The third-order valence-electron chi connectivity index (χ3n) is 5.85. The van der Waals surface area contributed by atoms with Crippen LogP contribution in [0.3, 0.4) is 0 Å². The van der Waals surface area contributed by atoms with Crippen LogP contribution >= 0.6 is 0 Å². The van der Waals surface area contributed by atoms with E-state index in [0.717, 1.165) is 29.8 Å². The molecule has 2 heteroatoms. The van der Waals surface area contributed by atoms with Gasteiger partial charge >= 0.3 is 0 Å². The highest BCUT2D eigenvalue weighted by Gasteiger charge is 2.40. The Hall–Kier alpha value is -0.0800. The highest BCUT2D eigenvalue weighted by atomic mass is 15.2. The largest absolute Gasteiger partial charge is 0.311 e. The van der Waals surface area contributed by atoms with E-state index in [1.165, 1.54) is 58.2 Å². The van der Waals surface area contributed by atoms with Crippen LogP contribution in [0.15, 0.2) is 0 Å². The molecule has 0 aromatic carbocycles. The van der Waals surface area contributed by atoms with Gasteiger partial charge in [-0.05, 0) is 56.3 Å². The zero-order valence-corrected chi connectivity index (χ0v) is 10.9. The van der Waals surface area contributed by atoms with Gasteiger partial charge in [0.2, 0.25) is 0 Å². The summed E-state index contributed by atoms with van der Waals surface area (Å²) in [5.41, 5.74) is 0. The van der Waals surface area contributed by atoms with Crippen molar-refractivity contribution < 1.29 is 0 Å². The van der Waals surface area contributed by atoms with Gasteiger partial charge in [-0.1, -0.05) is 6.42 Å². The van der Waals surface area contributed by atoms with E-state index in [0.29, 0.717) is 0 Å². The van der Waals surface area contributed by atoms with Crippen LogP contribution in [0, 0.1) is 17.8 Å². The van der Waals surface area contributed by atoms with E-state index >= 15 is 0 Å². The van der Waals surface area contributed by atoms with Gasteiger partial charge in [0.1, 0.15) is 0 Å². The van der Waals surface area contributed by atoms with E-state index in [2.05, 4.69) is 10.2 Å². The first-order valence-corrected chi connectivity index (χ1v) is 7.85. The molecule has 0 radical (unpaired) electrons. The lowest BCUT2D eigenvalue weighted by Gasteiger charge is -2.42. The van der Waals surface area contributed by atoms with E-state index in [9.17, 15) is 0 Å². The molecule has 2 nitrogen and oxygen atoms in total. The first-order valence-electron chi connectivity index (χ1n) is 7.85. The Balaban J connectivity index is 1.36. The lowest BCUT2D eigenvalue weighted by atomic mass is 9.77. The smallest absolute Gasteiger partial charge is 0.0111 e. The summed E-state index contributed by atoms with van der Waals surface area (Å²) in [6.07, 6.45) is 10.5. The third kappa shape index (κ3) is 2.04. The molecule has 4 rings (SSSR count). The molecule has 5 atom stereocenters. The molecule has 96 valence electrons.